The summed E-state index contributed by atoms with van der Waals surface area (Å²) < 4.78 is 1.74. The zero-order chi connectivity index (χ0) is 14.9. The summed E-state index contributed by atoms with van der Waals surface area (Å²) in [6.07, 6.45) is 5.06. The summed E-state index contributed by atoms with van der Waals surface area (Å²) in [5, 5.41) is 22.1. The highest BCUT2D eigenvalue weighted by atomic mass is 35.5. The van der Waals surface area contributed by atoms with Crippen LogP contribution in [-0.4, -0.2) is 33.1 Å². The number of nitrogens with zero attached hydrogens (tertiary/aromatic N) is 6. The molecule has 3 heterocycles. The van der Waals surface area contributed by atoms with E-state index in [0.29, 0.717) is 5.15 Å². The van der Waals surface area contributed by atoms with E-state index in [-0.39, 0.29) is 0 Å². The standard InChI is InChI=1S/C14H15ClN6/c1-20-5-2-12(19-20)14(10-16)3-6-21(7-4-14)11-8-13(15)18-17-9-11/h2,5,8-9H,3-4,6-7H2,1H3. The number of piperidine rings is 1. The Morgan fingerprint density at radius 3 is 2.71 bits per heavy atom. The molecule has 0 radical (unpaired) electrons. The lowest BCUT2D eigenvalue weighted by Gasteiger charge is -2.37. The van der Waals surface area contributed by atoms with Crippen LogP contribution in [0.15, 0.2) is 24.5 Å². The van der Waals surface area contributed by atoms with Gasteiger partial charge in [0.15, 0.2) is 5.15 Å². The van der Waals surface area contributed by atoms with Crippen molar-refractivity contribution in [3.63, 3.8) is 0 Å². The van der Waals surface area contributed by atoms with Gasteiger partial charge in [-0.2, -0.15) is 15.5 Å². The van der Waals surface area contributed by atoms with Gasteiger partial charge in [0.25, 0.3) is 0 Å². The van der Waals surface area contributed by atoms with Crippen molar-refractivity contribution in [1.29, 1.82) is 5.26 Å². The monoisotopic (exact) mass is 302 g/mol. The van der Waals surface area contributed by atoms with Crippen LogP contribution in [0.25, 0.3) is 0 Å². The molecule has 1 saturated heterocycles. The Labute approximate surface area is 128 Å². The highest BCUT2D eigenvalue weighted by Crippen LogP contribution is 2.35. The van der Waals surface area contributed by atoms with Crippen LogP contribution < -0.4 is 4.90 Å². The van der Waals surface area contributed by atoms with Crippen molar-refractivity contribution in [3.8, 4) is 6.07 Å². The van der Waals surface area contributed by atoms with Gasteiger partial charge in [-0.1, -0.05) is 11.6 Å². The van der Waals surface area contributed by atoms with Gasteiger partial charge in [0, 0.05) is 32.4 Å². The Hall–Kier alpha value is -2.13. The normalized spacial score (nSPS) is 17.5. The van der Waals surface area contributed by atoms with Crippen molar-refractivity contribution >= 4 is 17.3 Å². The summed E-state index contributed by atoms with van der Waals surface area (Å²) in [6.45, 7) is 1.54. The quantitative estimate of drug-likeness (QED) is 0.847. The van der Waals surface area contributed by atoms with Crippen LogP contribution in [0.4, 0.5) is 5.69 Å². The Bertz CT molecular complexity index is 681. The predicted molar refractivity (Wildman–Crippen MR) is 79.0 cm³/mol. The molecule has 0 bridgehead atoms. The van der Waals surface area contributed by atoms with Crippen LogP contribution in [-0.2, 0) is 12.5 Å². The Morgan fingerprint density at radius 2 is 2.14 bits per heavy atom. The maximum Gasteiger partial charge on any atom is 0.153 e. The van der Waals surface area contributed by atoms with Crippen molar-refractivity contribution in [2.75, 3.05) is 18.0 Å². The maximum absolute atomic E-state index is 9.64. The first-order valence-corrected chi connectivity index (χ1v) is 7.15. The van der Waals surface area contributed by atoms with Gasteiger partial charge < -0.3 is 4.90 Å². The van der Waals surface area contributed by atoms with E-state index in [1.165, 1.54) is 0 Å². The van der Waals surface area contributed by atoms with Crippen molar-refractivity contribution in [2.45, 2.75) is 18.3 Å². The number of anilines is 1. The molecule has 0 saturated carbocycles. The molecule has 3 rings (SSSR count). The molecule has 0 unspecified atom stereocenters. The molecule has 0 spiro atoms. The molecular weight excluding hydrogens is 288 g/mol. The Morgan fingerprint density at radius 1 is 1.38 bits per heavy atom. The van der Waals surface area contributed by atoms with Gasteiger partial charge >= 0.3 is 0 Å². The molecule has 108 valence electrons. The fourth-order valence-corrected chi connectivity index (χ4v) is 2.90. The highest BCUT2D eigenvalue weighted by Gasteiger charge is 2.38. The van der Waals surface area contributed by atoms with E-state index < -0.39 is 5.41 Å². The summed E-state index contributed by atoms with van der Waals surface area (Å²) in [4.78, 5) is 2.18. The van der Waals surface area contributed by atoms with Gasteiger partial charge in [-0.25, -0.2) is 0 Å². The molecule has 1 aliphatic heterocycles. The fourth-order valence-electron chi connectivity index (χ4n) is 2.75. The smallest absolute Gasteiger partial charge is 0.153 e. The average molecular weight is 303 g/mol. The van der Waals surface area contributed by atoms with Crippen molar-refractivity contribution in [2.24, 2.45) is 7.05 Å². The third-order valence-corrected chi connectivity index (χ3v) is 4.20. The van der Waals surface area contributed by atoms with Crippen LogP contribution >= 0.6 is 11.6 Å². The summed E-state index contributed by atoms with van der Waals surface area (Å²) >= 11 is 5.88. The van der Waals surface area contributed by atoms with E-state index in [0.717, 1.165) is 37.3 Å². The van der Waals surface area contributed by atoms with E-state index in [2.05, 4.69) is 26.3 Å². The minimum Gasteiger partial charge on any atom is -0.370 e. The maximum atomic E-state index is 9.64. The van der Waals surface area contributed by atoms with Crippen molar-refractivity contribution in [1.82, 2.24) is 20.0 Å². The van der Waals surface area contributed by atoms with Crippen molar-refractivity contribution in [3.05, 3.63) is 35.4 Å². The molecule has 1 aliphatic rings. The largest absolute Gasteiger partial charge is 0.370 e. The molecule has 21 heavy (non-hydrogen) atoms. The van der Waals surface area contributed by atoms with Crippen LogP contribution in [0.5, 0.6) is 0 Å². The number of hydrogen-bond donors (Lipinski definition) is 0. The summed E-state index contributed by atoms with van der Waals surface area (Å²) in [7, 11) is 1.87. The van der Waals surface area contributed by atoms with Gasteiger partial charge in [0.1, 0.15) is 5.41 Å². The molecule has 0 amide bonds. The number of nitriles is 1. The molecule has 0 aromatic carbocycles. The lowest BCUT2D eigenvalue weighted by molar-refractivity contribution is 0.402. The van der Waals surface area contributed by atoms with Gasteiger partial charge in [-0.05, 0) is 18.9 Å². The third-order valence-electron chi connectivity index (χ3n) is 4.01. The second-order valence-corrected chi connectivity index (χ2v) is 5.68. The highest BCUT2D eigenvalue weighted by molar-refractivity contribution is 6.29. The zero-order valence-corrected chi connectivity index (χ0v) is 12.5. The van der Waals surface area contributed by atoms with Crippen LogP contribution in [0.2, 0.25) is 5.15 Å². The second-order valence-electron chi connectivity index (χ2n) is 5.29. The Balaban J connectivity index is 1.79. The lowest BCUT2D eigenvalue weighted by Crippen LogP contribution is -2.42. The molecule has 0 atom stereocenters. The van der Waals surface area contributed by atoms with Gasteiger partial charge in [-0.15, -0.1) is 5.10 Å². The number of hydrogen-bond acceptors (Lipinski definition) is 5. The zero-order valence-electron chi connectivity index (χ0n) is 11.7. The van der Waals surface area contributed by atoms with E-state index in [4.69, 9.17) is 11.6 Å². The number of halogens is 1. The second kappa shape index (κ2) is 5.34. The first-order valence-electron chi connectivity index (χ1n) is 6.77. The molecule has 6 nitrogen and oxygen atoms in total. The minimum absolute atomic E-state index is 0.384. The summed E-state index contributed by atoms with van der Waals surface area (Å²) in [6, 6.07) is 6.21. The van der Waals surface area contributed by atoms with E-state index in [1.807, 2.05) is 19.3 Å². The predicted octanol–water partition coefficient (Wildman–Crippen LogP) is 1.93. The molecule has 2 aromatic rings. The molecule has 0 aliphatic carbocycles. The van der Waals surface area contributed by atoms with E-state index in [9.17, 15) is 5.26 Å². The SMILES string of the molecule is Cn1ccc(C2(C#N)CCN(c3cnnc(Cl)c3)CC2)n1. The molecule has 0 N–H and O–H groups in total. The van der Waals surface area contributed by atoms with Crippen molar-refractivity contribution < 1.29 is 0 Å². The molecular formula is C14H15ClN6. The van der Waals surface area contributed by atoms with Gasteiger partial charge in [0.05, 0.1) is 23.6 Å². The first kappa shape index (κ1) is 13.8. The third kappa shape index (κ3) is 2.57. The van der Waals surface area contributed by atoms with Crippen LogP contribution in [0.1, 0.15) is 18.5 Å². The summed E-state index contributed by atoms with van der Waals surface area (Å²) in [5.41, 5.74) is 1.31. The van der Waals surface area contributed by atoms with Crippen LogP contribution in [0, 0.1) is 11.3 Å². The topological polar surface area (TPSA) is 70.6 Å². The fraction of sp³-hybridized carbons (Fsp3) is 0.429. The average Bonchev–Trinajstić information content (AvgIpc) is 2.94. The van der Waals surface area contributed by atoms with E-state index in [1.54, 1.807) is 16.9 Å². The summed E-state index contributed by atoms with van der Waals surface area (Å²) in [5.74, 6) is 0. The van der Waals surface area contributed by atoms with Gasteiger partial charge in [0.2, 0.25) is 0 Å². The minimum atomic E-state index is -0.498. The van der Waals surface area contributed by atoms with Crippen LogP contribution in [0.3, 0.4) is 0 Å². The Kier molecular flexibility index (Phi) is 3.52. The lowest BCUT2D eigenvalue weighted by atomic mass is 9.77. The number of aromatic nitrogens is 4. The first-order chi connectivity index (χ1) is 10.1. The number of rotatable bonds is 2. The molecule has 2 aromatic heterocycles. The molecule has 7 heteroatoms. The number of aryl methyl sites for hydroxylation is 1. The molecule has 1 fully saturated rings. The van der Waals surface area contributed by atoms with E-state index >= 15 is 0 Å². The van der Waals surface area contributed by atoms with Gasteiger partial charge in [-0.3, -0.25) is 4.68 Å².